The van der Waals surface area contributed by atoms with Crippen molar-refractivity contribution in [1.29, 1.82) is 0 Å². The van der Waals surface area contributed by atoms with Gasteiger partial charge < -0.3 is 20.7 Å². The Bertz CT molecular complexity index is 637. The van der Waals surface area contributed by atoms with Gasteiger partial charge in [0, 0.05) is 28.5 Å². The largest absolute Gasteiger partial charge is 0.395 e. The molecule has 0 saturated heterocycles. The van der Waals surface area contributed by atoms with Gasteiger partial charge in [0.2, 0.25) is 0 Å². The highest BCUT2D eigenvalue weighted by Crippen LogP contribution is 2.14. The molecule has 1 aromatic heterocycles. The number of anilines is 1. The molecule has 0 fully saturated rings. The van der Waals surface area contributed by atoms with Crippen LogP contribution in [-0.4, -0.2) is 35.1 Å². The molecule has 0 unspecified atom stereocenters. The molecule has 0 atom stereocenters. The third-order valence-electron chi connectivity index (χ3n) is 2.69. The fourth-order valence-electron chi connectivity index (χ4n) is 1.67. The summed E-state index contributed by atoms with van der Waals surface area (Å²) in [7, 11) is 0. The van der Waals surface area contributed by atoms with Crippen LogP contribution in [-0.2, 0) is 0 Å². The lowest BCUT2D eigenvalue weighted by Crippen LogP contribution is -2.26. The topological polar surface area (TPSA) is 94.2 Å². The highest BCUT2D eigenvalue weighted by molar-refractivity contribution is 9.10. The number of benzene rings is 1. The molecule has 21 heavy (non-hydrogen) atoms. The second-order valence-corrected chi connectivity index (χ2v) is 5.16. The van der Waals surface area contributed by atoms with E-state index in [0.717, 1.165) is 4.47 Å². The molecule has 2 amide bonds. The number of carbonyl (C=O) groups is 2. The van der Waals surface area contributed by atoms with Crippen molar-refractivity contribution >= 4 is 33.4 Å². The molecule has 6 nitrogen and oxygen atoms in total. The monoisotopic (exact) mass is 351 g/mol. The maximum Gasteiger partial charge on any atom is 0.272 e. The van der Waals surface area contributed by atoms with Crippen molar-refractivity contribution < 1.29 is 14.7 Å². The van der Waals surface area contributed by atoms with Crippen molar-refractivity contribution in [3.63, 3.8) is 0 Å². The first-order chi connectivity index (χ1) is 10.1. The summed E-state index contributed by atoms with van der Waals surface area (Å²) in [5, 5.41) is 13.9. The lowest BCUT2D eigenvalue weighted by Gasteiger charge is -2.06. The van der Waals surface area contributed by atoms with Gasteiger partial charge >= 0.3 is 0 Å². The molecule has 110 valence electrons. The summed E-state index contributed by atoms with van der Waals surface area (Å²) in [5.74, 6) is -0.534. The lowest BCUT2D eigenvalue weighted by molar-refractivity contribution is 0.0944. The maximum absolute atomic E-state index is 11.9. The number of aliphatic hydroxyl groups is 1. The van der Waals surface area contributed by atoms with Crippen LogP contribution in [0, 0.1) is 0 Å². The first-order valence-electron chi connectivity index (χ1n) is 6.24. The van der Waals surface area contributed by atoms with Gasteiger partial charge in [-0.3, -0.25) is 9.59 Å². The molecule has 0 saturated carbocycles. The number of hydrogen-bond donors (Lipinski definition) is 4. The molecule has 2 rings (SSSR count). The van der Waals surface area contributed by atoms with Gasteiger partial charge in [-0.05, 0) is 46.3 Å². The van der Waals surface area contributed by atoms with Gasteiger partial charge in [0.15, 0.2) is 0 Å². The van der Waals surface area contributed by atoms with E-state index < -0.39 is 0 Å². The van der Waals surface area contributed by atoms with Crippen molar-refractivity contribution in [2.75, 3.05) is 18.5 Å². The van der Waals surface area contributed by atoms with Crippen LogP contribution in [0.15, 0.2) is 41.0 Å². The minimum absolute atomic E-state index is 0.106. The Morgan fingerprint density at radius 3 is 2.48 bits per heavy atom. The number of nitrogens with one attached hydrogen (secondary N) is 3. The van der Waals surface area contributed by atoms with Gasteiger partial charge in [-0.2, -0.15) is 0 Å². The first kappa shape index (κ1) is 15.3. The van der Waals surface area contributed by atoms with Crippen LogP contribution in [0.5, 0.6) is 0 Å². The molecule has 0 spiro atoms. The molecule has 0 bridgehead atoms. The SMILES string of the molecule is O=C(NCCO)c1ccc(NC(=O)c2cc(Br)c[nH]2)cc1. The standard InChI is InChI=1S/C14H14BrN3O3/c15-10-7-12(17-8-10)14(21)18-11-3-1-9(2-4-11)13(20)16-5-6-19/h1-4,7-8,17,19H,5-6H2,(H,16,20)(H,18,21). The van der Waals surface area contributed by atoms with Crippen molar-refractivity contribution in [2.45, 2.75) is 0 Å². The first-order valence-corrected chi connectivity index (χ1v) is 7.04. The van der Waals surface area contributed by atoms with Gasteiger partial charge in [-0.15, -0.1) is 0 Å². The van der Waals surface area contributed by atoms with E-state index in [0.29, 0.717) is 16.9 Å². The zero-order valence-electron chi connectivity index (χ0n) is 11.0. The molecular formula is C14H14BrN3O3. The minimum Gasteiger partial charge on any atom is -0.395 e. The second kappa shape index (κ2) is 7.05. The Morgan fingerprint density at radius 1 is 1.19 bits per heavy atom. The van der Waals surface area contributed by atoms with Crippen LogP contribution in [0.1, 0.15) is 20.8 Å². The average molecular weight is 352 g/mol. The van der Waals surface area contributed by atoms with Crippen molar-refractivity contribution in [1.82, 2.24) is 10.3 Å². The summed E-state index contributed by atoms with van der Waals surface area (Å²) in [6, 6.07) is 8.17. The summed E-state index contributed by atoms with van der Waals surface area (Å²) in [5.41, 5.74) is 1.49. The number of hydrogen-bond acceptors (Lipinski definition) is 3. The van der Waals surface area contributed by atoms with Crippen molar-refractivity contribution in [3.8, 4) is 0 Å². The second-order valence-electron chi connectivity index (χ2n) is 4.24. The number of halogens is 1. The molecule has 0 radical (unpaired) electrons. The van der Waals surface area contributed by atoms with Crippen LogP contribution in [0.25, 0.3) is 0 Å². The normalized spacial score (nSPS) is 10.2. The predicted octanol–water partition coefficient (Wildman–Crippen LogP) is 1.75. The summed E-state index contributed by atoms with van der Waals surface area (Å²) in [4.78, 5) is 26.4. The molecule has 2 aromatic rings. The average Bonchev–Trinajstić information content (AvgIpc) is 2.92. The van der Waals surface area contributed by atoms with Gasteiger partial charge in [-0.25, -0.2) is 0 Å². The maximum atomic E-state index is 11.9. The van der Waals surface area contributed by atoms with Crippen LogP contribution in [0.3, 0.4) is 0 Å². The quantitative estimate of drug-likeness (QED) is 0.660. The fourth-order valence-corrected chi connectivity index (χ4v) is 2.02. The van der Waals surface area contributed by atoms with E-state index in [-0.39, 0.29) is 25.0 Å². The summed E-state index contributed by atoms with van der Waals surface area (Å²) < 4.78 is 0.795. The number of aromatic amines is 1. The van der Waals surface area contributed by atoms with Crippen molar-refractivity contribution in [2.24, 2.45) is 0 Å². The number of aromatic nitrogens is 1. The van der Waals surface area contributed by atoms with Crippen molar-refractivity contribution in [3.05, 3.63) is 52.3 Å². The molecule has 0 aliphatic carbocycles. The van der Waals surface area contributed by atoms with Crippen LogP contribution in [0.4, 0.5) is 5.69 Å². The number of amides is 2. The molecule has 1 aromatic carbocycles. The summed E-state index contributed by atoms with van der Waals surface area (Å²) >= 11 is 3.26. The van der Waals surface area contributed by atoms with Gasteiger partial charge in [0.25, 0.3) is 11.8 Å². The number of aliphatic hydroxyl groups excluding tert-OH is 1. The van der Waals surface area contributed by atoms with E-state index in [4.69, 9.17) is 5.11 Å². The van der Waals surface area contributed by atoms with Gasteiger partial charge in [0.1, 0.15) is 5.69 Å². The van der Waals surface area contributed by atoms with Gasteiger partial charge in [0.05, 0.1) is 6.61 Å². The Morgan fingerprint density at radius 2 is 1.90 bits per heavy atom. The number of rotatable bonds is 5. The molecular weight excluding hydrogens is 338 g/mol. The van der Waals surface area contributed by atoms with E-state index in [2.05, 4.69) is 31.5 Å². The van der Waals surface area contributed by atoms with E-state index in [9.17, 15) is 9.59 Å². The third kappa shape index (κ3) is 4.17. The molecule has 1 heterocycles. The zero-order valence-corrected chi connectivity index (χ0v) is 12.6. The predicted molar refractivity (Wildman–Crippen MR) is 82.3 cm³/mol. The molecule has 7 heteroatoms. The van der Waals surface area contributed by atoms with E-state index in [1.807, 2.05) is 0 Å². The summed E-state index contributed by atoms with van der Waals surface area (Å²) in [6.07, 6.45) is 1.67. The van der Waals surface area contributed by atoms with Gasteiger partial charge in [-0.1, -0.05) is 0 Å². The Labute approximate surface area is 129 Å². The number of H-pyrrole nitrogens is 1. The lowest BCUT2D eigenvalue weighted by atomic mass is 10.2. The minimum atomic E-state index is -0.268. The molecule has 4 N–H and O–H groups in total. The third-order valence-corrected chi connectivity index (χ3v) is 3.15. The van der Waals surface area contributed by atoms with Crippen LogP contribution >= 0.6 is 15.9 Å². The highest BCUT2D eigenvalue weighted by Gasteiger charge is 2.09. The molecule has 0 aliphatic rings. The Hall–Kier alpha value is -2.12. The van der Waals surface area contributed by atoms with E-state index in [1.54, 1.807) is 36.5 Å². The fraction of sp³-hybridized carbons (Fsp3) is 0.143. The highest BCUT2D eigenvalue weighted by atomic mass is 79.9. The number of carbonyl (C=O) groups excluding carboxylic acids is 2. The summed E-state index contributed by atoms with van der Waals surface area (Å²) in [6.45, 7) is 0.102. The Kier molecular flexibility index (Phi) is 5.13. The van der Waals surface area contributed by atoms with Crippen LogP contribution < -0.4 is 10.6 Å². The van der Waals surface area contributed by atoms with Crippen LogP contribution in [0.2, 0.25) is 0 Å². The van der Waals surface area contributed by atoms with E-state index >= 15 is 0 Å². The van der Waals surface area contributed by atoms with E-state index in [1.165, 1.54) is 0 Å². The zero-order chi connectivity index (χ0) is 15.2. The molecule has 0 aliphatic heterocycles. The Balaban J connectivity index is 1.99. The smallest absolute Gasteiger partial charge is 0.272 e.